The van der Waals surface area contributed by atoms with E-state index in [0.717, 1.165) is 11.4 Å². The van der Waals surface area contributed by atoms with Crippen LogP contribution in [0.4, 0.5) is 5.95 Å². The molecule has 2 heterocycles. The minimum absolute atomic E-state index is 0.350. The highest BCUT2D eigenvalue weighted by molar-refractivity contribution is 5.33. The second-order valence-electron chi connectivity index (χ2n) is 3.38. The van der Waals surface area contributed by atoms with Crippen molar-refractivity contribution in [1.82, 2.24) is 19.9 Å². The molecule has 0 unspecified atom stereocenters. The highest BCUT2D eigenvalue weighted by Crippen LogP contribution is 2.05. The number of nitrogens with one attached hydrogen (secondary N) is 1. The molecule has 1 N–H and O–H groups in total. The molecule has 0 saturated carbocycles. The van der Waals surface area contributed by atoms with Crippen LogP contribution < -0.4 is 5.32 Å². The number of aromatic nitrogens is 4. The molecule has 2 aromatic rings. The summed E-state index contributed by atoms with van der Waals surface area (Å²) < 4.78 is 0. The molecule has 6 heteroatoms. The number of nitriles is 1. The molecule has 0 fully saturated rings. The highest BCUT2D eigenvalue weighted by Gasteiger charge is 2.01. The van der Waals surface area contributed by atoms with Gasteiger partial charge in [0.15, 0.2) is 0 Å². The first-order valence-electron chi connectivity index (χ1n) is 5.02. The molecule has 6 nitrogen and oxygen atoms in total. The van der Waals surface area contributed by atoms with E-state index in [1.165, 1.54) is 6.33 Å². The molecule has 0 aliphatic carbocycles. The van der Waals surface area contributed by atoms with Gasteiger partial charge in [-0.3, -0.25) is 0 Å². The molecule has 0 spiro atoms. The van der Waals surface area contributed by atoms with Crippen molar-refractivity contribution in [2.75, 3.05) is 5.32 Å². The molecule has 0 radical (unpaired) electrons. The van der Waals surface area contributed by atoms with Gasteiger partial charge in [0.05, 0.1) is 12.2 Å². The molecule has 0 saturated heterocycles. The van der Waals surface area contributed by atoms with Crippen LogP contribution in [0, 0.1) is 18.3 Å². The zero-order chi connectivity index (χ0) is 12.1. The maximum atomic E-state index is 8.78. The minimum atomic E-state index is 0.350. The quantitative estimate of drug-likeness (QED) is 0.841. The van der Waals surface area contributed by atoms with Crippen LogP contribution in [0.25, 0.3) is 0 Å². The SMILES string of the molecule is Cc1cc(C#N)nc(NCc2ccncn2)n1. The van der Waals surface area contributed by atoms with E-state index >= 15 is 0 Å². The first-order valence-corrected chi connectivity index (χ1v) is 5.02. The molecule has 0 atom stereocenters. The first-order chi connectivity index (χ1) is 8.28. The van der Waals surface area contributed by atoms with Crippen LogP contribution in [0.5, 0.6) is 0 Å². The molecule has 0 amide bonds. The largest absolute Gasteiger partial charge is 0.349 e. The summed E-state index contributed by atoms with van der Waals surface area (Å²) in [6.07, 6.45) is 3.15. The molecule has 0 aliphatic heterocycles. The normalized spacial score (nSPS) is 9.65. The summed E-state index contributed by atoms with van der Waals surface area (Å²) in [7, 11) is 0. The van der Waals surface area contributed by atoms with Gasteiger partial charge in [-0.05, 0) is 19.1 Å². The van der Waals surface area contributed by atoms with Crippen LogP contribution in [0.1, 0.15) is 17.1 Å². The van der Waals surface area contributed by atoms with Crippen LogP contribution in [0.2, 0.25) is 0 Å². The lowest BCUT2D eigenvalue weighted by Gasteiger charge is -2.04. The predicted octanol–water partition coefficient (Wildman–Crippen LogP) is 1.06. The molecule has 2 aromatic heterocycles. The van der Waals surface area contributed by atoms with Crippen molar-refractivity contribution in [3.63, 3.8) is 0 Å². The lowest BCUT2D eigenvalue weighted by Crippen LogP contribution is -2.06. The maximum absolute atomic E-state index is 8.78. The van der Waals surface area contributed by atoms with Crippen molar-refractivity contribution >= 4 is 5.95 Å². The van der Waals surface area contributed by atoms with Crippen molar-refractivity contribution in [3.05, 3.63) is 41.7 Å². The smallest absolute Gasteiger partial charge is 0.224 e. The summed E-state index contributed by atoms with van der Waals surface area (Å²) in [4.78, 5) is 16.1. The molecule has 2 rings (SSSR count). The number of hydrogen-bond donors (Lipinski definition) is 1. The van der Waals surface area contributed by atoms with Crippen LogP contribution in [-0.4, -0.2) is 19.9 Å². The second kappa shape index (κ2) is 4.99. The summed E-state index contributed by atoms with van der Waals surface area (Å²) in [5, 5.41) is 11.8. The maximum Gasteiger partial charge on any atom is 0.224 e. The fourth-order valence-corrected chi connectivity index (χ4v) is 1.30. The summed E-state index contributed by atoms with van der Waals surface area (Å²) >= 11 is 0. The topological polar surface area (TPSA) is 87.4 Å². The fraction of sp³-hybridized carbons (Fsp3) is 0.182. The Balaban J connectivity index is 2.10. The second-order valence-corrected chi connectivity index (χ2v) is 3.38. The number of anilines is 1. The summed E-state index contributed by atoms with van der Waals surface area (Å²) in [5.74, 6) is 0.431. The Morgan fingerprint density at radius 3 is 3.00 bits per heavy atom. The van der Waals surface area contributed by atoms with Gasteiger partial charge in [0, 0.05) is 11.9 Å². The Hall–Kier alpha value is -2.55. The minimum Gasteiger partial charge on any atom is -0.349 e. The fourth-order valence-electron chi connectivity index (χ4n) is 1.30. The lowest BCUT2D eigenvalue weighted by atomic mass is 10.3. The van der Waals surface area contributed by atoms with Gasteiger partial charge in [0.2, 0.25) is 5.95 Å². The van der Waals surface area contributed by atoms with Gasteiger partial charge in [0.1, 0.15) is 18.1 Å². The van der Waals surface area contributed by atoms with E-state index in [1.807, 2.05) is 13.0 Å². The Labute approximate surface area is 98.4 Å². The van der Waals surface area contributed by atoms with Crippen molar-refractivity contribution in [2.45, 2.75) is 13.5 Å². The van der Waals surface area contributed by atoms with E-state index in [9.17, 15) is 0 Å². The Morgan fingerprint density at radius 1 is 1.41 bits per heavy atom. The number of rotatable bonds is 3. The Bertz CT molecular complexity index is 546. The first kappa shape index (κ1) is 11.0. The van der Waals surface area contributed by atoms with E-state index in [4.69, 9.17) is 5.26 Å². The third-order valence-electron chi connectivity index (χ3n) is 2.04. The lowest BCUT2D eigenvalue weighted by molar-refractivity contribution is 0.966. The monoisotopic (exact) mass is 226 g/mol. The van der Waals surface area contributed by atoms with Crippen molar-refractivity contribution in [2.24, 2.45) is 0 Å². The van der Waals surface area contributed by atoms with Crippen LogP contribution >= 0.6 is 0 Å². The van der Waals surface area contributed by atoms with E-state index < -0.39 is 0 Å². The third kappa shape index (κ3) is 2.95. The summed E-state index contributed by atoms with van der Waals surface area (Å²) in [6.45, 7) is 2.31. The van der Waals surface area contributed by atoms with Crippen LogP contribution in [0.3, 0.4) is 0 Å². The van der Waals surface area contributed by atoms with Crippen LogP contribution in [-0.2, 0) is 6.54 Å². The van der Waals surface area contributed by atoms with Gasteiger partial charge < -0.3 is 5.32 Å². The van der Waals surface area contributed by atoms with Gasteiger partial charge in [-0.15, -0.1) is 0 Å². The summed E-state index contributed by atoms with van der Waals surface area (Å²) in [5.41, 5.74) is 1.94. The zero-order valence-corrected chi connectivity index (χ0v) is 9.25. The zero-order valence-electron chi connectivity index (χ0n) is 9.25. The molecule has 17 heavy (non-hydrogen) atoms. The number of nitrogens with zero attached hydrogens (tertiary/aromatic N) is 5. The highest BCUT2D eigenvalue weighted by atomic mass is 15.1. The molecule has 84 valence electrons. The average Bonchev–Trinajstić information content (AvgIpc) is 2.37. The number of aryl methyl sites for hydroxylation is 1. The Kier molecular flexibility index (Phi) is 3.21. The van der Waals surface area contributed by atoms with E-state index in [-0.39, 0.29) is 0 Å². The van der Waals surface area contributed by atoms with E-state index in [0.29, 0.717) is 18.2 Å². The van der Waals surface area contributed by atoms with Crippen molar-refractivity contribution in [1.29, 1.82) is 5.26 Å². The van der Waals surface area contributed by atoms with Crippen LogP contribution in [0.15, 0.2) is 24.7 Å². The molecule has 0 bridgehead atoms. The molecular formula is C11H10N6. The standard InChI is InChI=1S/C11H10N6/c1-8-4-10(5-12)17-11(16-8)14-6-9-2-3-13-7-15-9/h2-4,7H,6H2,1H3,(H,14,16,17). The third-order valence-corrected chi connectivity index (χ3v) is 2.04. The van der Waals surface area contributed by atoms with Gasteiger partial charge in [-0.25, -0.2) is 19.9 Å². The summed E-state index contributed by atoms with van der Waals surface area (Å²) in [6, 6.07) is 5.42. The van der Waals surface area contributed by atoms with Crippen molar-refractivity contribution < 1.29 is 0 Å². The van der Waals surface area contributed by atoms with Gasteiger partial charge >= 0.3 is 0 Å². The van der Waals surface area contributed by atoms with E-state index in [2.05, 4.69) is 25.3 Å². The van der Waals surface area contributed by atoms with Gasteiger partial charge in [-0.2, -0.15) is 5.26 Å². The van der Waals surface area contributed by atoms with Crippen molar-refractivity contribution in [3.8, 4) is 6.07 Å². The molecular weight excluding hydrogens is 216 g/mol. The number of hydrogen-bond acceptors (Lipinski definition) is 6. The average molecular weight is 226 g/mol. The van der Waals surface area contributed by atoms with E-state index in [1.54, 1.807) is 18.3 Å². The predicted molar refractivity (Wildman–Crippen MR) is 60.8 cm³/mol. The molecule has 0 aliphatic rings. The van der Waals surface area contributed by atoms with Gasteiger partial charge in [0.25, 0.3) is 0 Å². The molecule has 0 aromatic carbocycles. The van der Waals surface area contributed by atoms with Gasteiger partial charge in [-0.1, -0.05) is 0 Å². The Morgan fingerprint density at radius 2 is 2.29 bits per heavy atom.